The molecule has 0 bridgehead atoms. The molecule has 1 aromatic heterocycles. The maximum Gasteiger partial charge on any atom is 0.270 e. The van der Waals surface area contributed by atoms with Crippen molar-refractivity contribution in [1.29, 1.82) is 0 Å². The Hall–Kier alpha value is -2.28. The van der Waals surface area contributed by atoms with Gasteiger partial charge in [0.25, 0.3) is 5.69 Å². The summed E-state index contributed by atoms with van der Waals surface area (Å²) in [5, 5.41) is 15.0. The molecule has 1 aromatic carbocycles. The molecule has 138 valence electrons. The summed E-state index contributed by atoms with van der Waals surface area (Å²) in [7, 11) is 0. The van der Waals surface area contributed by atoms with Gasteiger partial charge in [0, 0.05) is 23.7 Å². The Bertz CT molecular complexity index is 770. The molecule has 4 rings (SSSR count). The molecular weight excluding hydrogens is 332 g/mol. The fourth-order valence-corrected chi connectivity index (χ4v) is 4.47. The van der Waals surface area contributed by atoms with Gasteiger partial charge in [0.15, 0.2) is 0 Å². The van der Waals surface area contributed by atoms with Crippen molar-refractivity contribution in [3.8, 4) is 11.4 Å². The average molecular weight is 356 g/mol. The molecule has 7 heteroatoms. The van der Waals surface area contributed by atoms with Gasteiger partial charge in [-0.1, -0.05) is 36.6 Å². The fourth-order valence-electron chi connectivity index (χ4n) is 4.47. The van der Waals surface area contributed by atoms with Gasteiger partial charge in [-0.15, -0.1) is 0 Å². The van der Waals surface area contributed by atoms with Crippen LogP contribution in [-0.4, -0.2) is 32.6 Å². The molecule has 0 amide bonds. The monoisotopic (exact) mass is 356 g/mol. The van der Waals surface area contributed by atoms with Crippen LogP contribution in [0.1, 0.15) is 50.8 Å². The van der Waals surface area contributed by atoms with E-state index in [0.29, 0.717) is 29.9 Å². The van der Waals surface area contributed by atoms with Crippen LogP contribution in [0, 0.1) is 16.0 Å². The summed E-state index contributed by atoms with van der Waals surface area (Å²) in [4.78, 5) is 17.5. The average Bonchev–Trinajstić information content (AvgIpc) is 3.32. The van der Waals surface area contributed by atoms with Crippen LogP contribution in [-0.2, 0) is 6.54 Å². The first-order valence-electron chi connectivity index (χ1n) is 9.52. The number of rotatable bonds is 5. The van der Waals surface area contributed by atoms with Crippen LogP contribution < -0.4 is 0 Å². The van der Waals surface area contributed by atoms with Gasteiger partial charge in [-0.05, 0) is 38.1 Å². The summed E-state index contributed by atoms with van der Waals surface area (Å²) in [6.45, 7) is 1.75. The van der Waals surface area contributed by atoms with Crippen LogP contribution in [0.4, 0.5) is 5.69 Å². The number of likely N-dealkylation sites (tertiary alicyclic amines) is 1. The molecule has 1 saturated carbocycles. The SMILES string of the molecule is O=[N+]([O-])c1cccc(-c2noc(CN3CCCC3C3CCCCC3)n2)c1. The van der Waals surface area contributed by atoms with E-state index in [1.165, 1.54) is 57.1 Å². The van der Waals surface area contributed by atoms with Gasteiger partial charge in [0.1, 0.15) is 0 Å². The van der Waals surface area contributed by atoms with Crippen LogP contribution in [0.3, 0.4) is 0 Å². The van der Waals surface area contributed by atoms with E-state index in [0.717, 1.165) is 12.5 Å². The highest BCUT2D eigenvalue weighted by molar-refractivity contribution is 5.58. The van der Waals surface area contributed by atoms with E-state index < -0.39 is 4.92 Å². The third-order valence-corrected chi connectivity index (χ3v) is 5.73. The predicted octanol–water partition coefficient (Wildman–Crippen LogP) is 4.19. The highest BCUT2D eigenvalue weighted by atomic mass is 16.6. The molecule has 2 aliphatic rings. The number of hydrogen-bond acceptors (Lipinski definition) is 6. The molecule has 26 heavy (non-hydrogen) atoms. The van der Waals surface area contributed by atoms with E-state index in [4.69, 9.17) is 4.52 Å². The Labute approximate surface area is 152 Å². The van der Waals surface area contributed by atoms with Crippen molar-refractivity contribution in [3.05, 3.63) is 40.3 Å². The number of nitro benzene ring substituents is 1. The molecular formula is C19H24N4O3. The second-order valence-electron chi connectivity index (χ2n) is 7.40. The molecule has 0 radical (unpaired) electrons. The quantitative estimate of drug-likeness (QED) is 0.590. The second kappa shape index (κ2) is 7.53. The molecule has 1 unspecified atom stereocenters. The van der Waals surface area contributed by atoms with Crippen molar-refractivity contribution >= 4 is 5.69 Å². The summed E-state index contributed by atoms with van der Waals surface area (Å²) < 4.78 is 5.44. The summed E-state index contributed by atoms with van der Waals surface area (Å²) >= 11 is 0. The van der Waals surface area contributed by atoms with Gasteiger partial charge in [-0.2, -0.15) is 4.98 Å². The van der Waals surface area contributed by atoms with E-state index in [-0.39, 0.29) is 5.69 Å². The molecule has 2 aromatic rings. The van der Waals surface area contributed by atoms with Gasteiger partial charge in [0.2, 0.25) is 11.7 Å². The number of benzene rings is 1. The lowest BCUT2D eigenvalue weighted by Gasteiger charge is -2.33. The van der Waals surface area contributed by atoms with E-state index in [1.807, 2.05) is 0 Å². The topological polar surface area (TPSA) is 85.3 Å². The lowest BCUT2D eigenvalue weighted by Crippen LogP contribution is -2.36. The van der Waals surface area contributed by atoms with Gasteiger partial charge in [-0.3, -0.25) is 15.0 Å². The first-order valence-corrected chi connectivity index (χ1v) is 9.52. The molecule has 1 atom stereocenters. The molecule has 1 aliphatic carbocycles. The second-order valence-corrected chi connectivity index (χ2v) is 7.40. The number of aromatic nitrogens is 2. The lowest BCUT2D eigenvalue weighted by atomic mass is 9.83. The zero-order chi connectivity index (χ0) is 17.9. The largest absolute Gasteiger partial charge is 0.338 e. The Morgan fingerprint density at radius 2 is 2.04 bits per heavy atom. The van der Waals surface area contributed by atoms with Gasteiger partial charge < -0.3 is 4.52 Å². The van der Waals surface area contributed by atoms with E-state index in [2.05, 4.69) is 15.0 Å². The summed E-state index contributed by atoms with van der Waals surface area (Å²) in [6, 6.07) is 6.98. The van der Waals surface area contributed by atoms with Gasteiger partial charge in [0.05, 0.1) is 11.5 Å². The first-order chi connectivity index (χ1) is 12.7. The first kappa shape index (κ1) is 17.1. The Kier molecular flexibility index (Phi) is 4.97. The Balaban J connectivity index is 1.46. The zero-order valence-corrected chi connectivity index (χ0v) is 14.8. The Morgan fingerprint density at radius 3 is 2.85 bits per heavy atom. The number of nitrogens with zero attached hydrogens (tertiary/aromatic N) is 4. The summed E-state index contributed by atoms with van der Waals surface area (Å²) in [6.07, 6.45) is 9.25. The third kappa shape index (κ3) is 3.62. The highest BCUT2D eigenvalue weighted by Crippen LogP contribution is 2.35. The van der Waals surface area contributed by atoms with Crippen molar-refractivity contribution in [3.63, 3.8) is 0 Å². The summed E-state index contributed by atoms with van der Waals surface area (Å²) in [5.41, 5.74) is 0.644. The van der Waals surface area contributed by atoms with Crippen LogP contribution in [0.5, 0.6) is 0 Å². The predicted molar refractivity (Wildman–Crippen MR) is 96.4 cm³/mol. The maximum atomic E-state index is 10.9. The van der Waals surface area contributed by atoms with Crippen molar-refractivity contribution in [1.82, 2.24) is 15.0 Å². The smallest absolute Gasteiger partial charge is 0.270 e. The molecule has 2 fully saturated rings. The van der Waals surface area contributed by atoms with E-state index in [1.54, 1.807) is 12.1 Å². The lowest BCUT2D eigenvalue weighted by molar-refractivity contribution is -0.384. The van der Waals surface area contributed by atoms with Crippen LogP contribution in [0.2, 0.25) is 0 Å². The van der Waals surface area contributed by atoms with E-state index >= 15 is 0 Å². The molecule has 0 N–H and O–H groups in total. The Morgan fingerprint density at radius 1 is 1.19 bits per heavy atom. The molecule has 0 spiro atoms. The number of nitro groups is 1. The summed E-state index contributed by atoms with van der Waals surface area (Å²) in [5.74, 6) is 1.80. The van der Waals surface area contributed by atoms with Crippen molar-refractivity contribution in [2.45, 2.75) is 57.5 Å². The molecule has 7 nitrogen and oxygen atoms in total. The zero-order valence-electron chi connectivity index (χ0n) is 14.8. The van der Waals surface area contributed by atoms with Crippen LogP contribution in [0.25, 0.3) is 11.4 Å². The third-order valence-electron chi connectivity index (χ3n) is 5.73. The van der Waals surface area contributed by atoms with Crippen molar-refractivity contribution < 1.29 is 9.45 Å². The molecule has 2 heterocycles. The van der Waals surface area contributed by atoms with Crippen molar-refractivity contribution in [2.75, 3.05) is 6.54 Å². The van der Waals surface area contributed by atoms with Crippen molar-refractivity contribution in [2.24, 2.45) is 5.92 Å². The standard InChI is InChI=1S/C19H24N4O3/c24-23(25)16-9-4-8-15(12-16)19-20-18(26-21-19)13-22-11-5-10-17(22)14-6-2-1-3-7-14/h4,8-9,12,14,17H,1-3,5-7,10-11,13H2. The fraction of sp³-hybridized carbons (Fsp3) is 0.579. The molecule has 1 saturated heterocycles. The minimum absolute atomic E-state index is 0.0331. The van der Waals surface area contributed by atoms with Gasteiger partial charge in [-0.25, -0.2) is 0 Å². The number of hydrogen-bond donors (Lipinski definition) is 0. The minimum Gasteiger partial charge on any atom is -0.338 e. The van der Waals surface area contributed by atoms with Crippen LogP contribution >= 0.6 is 0 Å². The number of non-ortho nitro benzene ring substituents is 1. The molecule has 1 aliphatic heterocycles. The van der Waals surface area contributed by atoms with Gasteiger partial charge >= 0.3 is 0 Å². The van der Waals surface area contributed by atoms with Crippen LogP contribution in [0.15, 0.2) is 28.8 Å². The maximum absolute atomic E-state index is 10.9. The van der Waals surface area contributed by atoms with E-state index in [9.17, 15) is 10.1 Å². The normalized spacial score (nSPS) is 21.9. The minimum atomic E-state index is -0.413. The highest BCUT2D eigenvalue weighted by Gasteiger charge is 2.33.